The number of rotatable bonds is 6. The van der Waals surface area contributed by atoms with Crippen molar-refractivity contribution in [2.24, 2.45) is 0 Å². The molecule has 1 aromatic heterocycles. The number of aromatic nitrogens is 1. The zero-order valence-electron chi connectivity index (χ0n) is 14.0. The molecule has 3 rings (SSSR count). The number of hydrogen-bond acceptors (Lipinski definition) is 7. The Balaban J connectivity index is 1.60. The molecule has 1 N–H and O–H groups in total. The van der Waals surface area contributed by atoms with E-state index in [2.05, 4.69) is 14.8 Å². The fourth-order valence-corrected chi connectivity index (χ4v) is 3.63. The lowest BCUT2D eigenvalue weighted by molar-refractivity contribution is 0.107. The first kappa shape index (κ1) is 17.0. The molecular formula is C17H23N3O3S. The molecule has 24 heavy (non-hydrogen) atoms. The Morgan fingerprint density at radius 2 is 2.00 bits per heavy atom. The van der Waals surface area contributed by atoms with Crippen LogP contribution in [0.2, 0.25) is 0 Å². The zero-order chi connectivity index (χ0) is 16.9. The van der Waals surface area contributed by atoms with Crippen molar-refractivity contribution in [1.82, 2.24) is 9.88 Å². The van der Waals surface area contributed by atoms with Gasteiger partial charge in [0, 0.05) is 49.9 Å². The Bertz CT molecular complexity index is 643. The molecule has 6 nitrogen and oxygen atoms in total. The van der Waals surface area contributed by atoms with Gasteiger partial charge in [0.2, 0.25) is 0 Å². The predicted octanol–water partition coefficient (Wildman–Crippen LogP) is 2.02. The number of nitrogens with zero attached hydrogens (tertiary/aromatic N) is 3. The largest absolute Gasteiger partial charge is 0.497 e. The summed E-state index contributed by atoms with van der Waals surface area (Å²) in [6.07, 6.45) is 1.23. The van der Waals surface area contributed by atoms with Crippen LogP contribution in [0, 0.1) is 0 Å². The Morgan fingerprint density at radius 1 is 1.21 bits per heavy atom. The van der Waals surface area contributed by atoms with Gasteiger partial charge in [0.05, 0.1) is 20.3 Å². The lowest BCUT2D eigenvalue weighted by Crippen LogP contribution is -2.47. The monoisotopic (exact) mass is 349 g/mol. The molecule has 1 fully saturated rings. The highest BCUT2D eigenvalue weighted by atomic mass is 32.1. The number of benzene rings is 1. The van der Waals surface area contributed by atoms with Crippen LogP contribution in [0.1, 0.15) is 11.7 Å². The average molecular weight is 349 g/mol. The van der Waals surface area contributed by atoms with E-state index in [1.165, 1.54) is 0 Å². The standard InChI is InChI=1S/C17H23N3O3S/c1-22-13-3-4-16(23-2)14(11-13)15(21)12-19-6-8-20(9-7-19)17-18-5-10-24-17/h3-5,10-11,15,21H,6-9,12H2,1-2H3. The van der Waals surface area contributed by atoms with Crippen molar-refractivity contribution in [3.8, 4) is 11.5 Å². The quantitative estimate of drug-likeness (QED) is 0.861. The minimum atomic E-state index is -0.610. The predicted molar refractivity (Wildman–Crippen MR) is 95.3 cm³/mol. The van der Waals surface area contributed by atoms with Crippen molar-refractivity contribution < 1.29 is 14.6 Å². The summed E-state index contributed by atoms with van der Waals surface area (Å²) in [4.78, 5) is 8.92. The van der Waals surface area contributed by atoms with Crippen molar-refractivity contribution in [1.29, 1.82) is 0 Å². The van der Waals surface area contributed by atoms with Crippen LogP contribution in [0.25, 0.3) is 0 Å². The number of thiazole rings is 1. The number of aliphatic hydroxyl groups excluding tert-OH is 1. The first-order valence-corrected chi connectivity index (χ1v) is 8.86. The molecule has 2 heterocycles. The van der Waals surface area contributed by atoms with Gasteiger partial charge in [-0.05, 0) is 18.2 Å². The molecular weight excluding hydrogens is 326 g/mol. The molecule has 0 aliphatic carbocycles. The van der Waals surface area contributed by atoms with Gasteiger partial charge in [-0.15, -0.1) is 11.3 Å². The topological polar surface area (TPSA) is 58.1 Å². The number of methoxy groups -OCH3 is 2. The van der Waals surface area contributed by atoms with Gasteiger partial charge in [-0.2, -0.15) is 0 Å². The number of aliphatic hydroxyl groups is 1. The van der Waals surface area contributed by atoms with Gasteiger partial charge in [0.15, 0.2) is 5.13 Å². The van der Waals surface area contributed by atoms with E-state index in [1.54, 1.807) is 25.6 Å². The number of ether oxygens (including phenoxy) is 2. The third-order valence-electron chi connectivity index (χ3n) is 4.29. The molecule has 1 aromatic carbocycles. The molecule has 0 bridgehead atoms. The zero-order valence-corrected chi connectivity index (χ0v) is 14.8. The van der Waals surface area contributed by atoms with E-state index >= 15 is 0 Å². The van der Waals surface area contributed by atoms with E-state index in [0.29, 0.717) is 12.3 Å². The first-order chi connectivity index (χ1) is 11.7. The van der Waals surface area contributed by atoms with E-state index in [4.69, 9.17) is 9.47 Å². The molecule has 130 valence electrons. The fourth-order valence-electron chi connectivity index (χ4n) is 2.94. The van der Waals surface area contributed by atoms with E-state index in [1.807, 2.05) is 29.8 Å². The maximum Gasteiger partial charge on any atom is 0.185 e. The smallest absolute Gasteiger partial charge is 0.185 e. The van der Waals surface area contributed by atoms with Crippen molar-refractivity contribution >= 4 is 16.5 Å². The second-order valence-corrected chi connectivity index (χ2v) is 6.60. The molecule has 0 spiro atoms. The van der Waals surface area contributed by atoms with Crippen LogP contribution in [0.4, 0.5) is 5.13 Å². The second-order valence-electron chi connectivity index (χ2n) is 5.73. The van der Waals surface area contributed by atoms with Gasteiger partial charge in [-0.25, -0.2) is 4.98 Å². The summed E-state index contributed by atoms with van der Waals surface area (Å²) in [5, 5.41) is 13.7. The molecule has 0 amide bonds. The third kappa shape index (κ3) is 3.80. The normalized spacial score (nSPS) is 16.9. The Hall–Kier alpha value is -1.83. The minimum Gasteiger partial charge on any atom is -0.497 e. The van der Waals surface area contributed by atoms with E-state index in [9.17, 15) is 5.11 Å². The van der Waals surface area contributed by atoms with Gasteiger partial charge in [-0.1, -0.05) is 0 Å². The number of β-amino-alcohol motifs (C(OH)–C–C–N with tert-alkyl or cyclic N) is 1. The van der Waals surface area contributed by atoms with E-state index in [-0.39, 0.29) is 0 Å². The van der Waals surface area contributed by atoms with Crippen LogP contribution in [0.3, 0.4) is 0 Å². The van der Waals surface area contributed by atoms with Crippen molar-refractivity contribution in [2.75, 3.05) is 51.8 Å². The van der Waals surface area contributed by atoms with Crippen LogP contribution in [-0.2, 0) is 0 Å². The highest BCUT2D eigenvalue weighted by Crippen LogP contribution is 2.30. The summed E-state index contributed by atoms with van der Waals surface area (Å²) in [5.74, 6) is 1.41. The average Bonchev–Trinajstić information content (AvgIpc) is 3.16. The molecule has 1 aliphatic rings. The molecule has 1 unspecified atom stereocenters. The van der Waals surface area contributed by atoms with Gasteiger partial charge in [0.25, 0.3) is 0 Å². The van der Waals surface area contributed by atoms with Gasteiger partial charge in [-0.3, -0.25) is 4.90 Å². The highest BCUT2D eigenvalue weighted by molar-refractivity contribution is 7.13. The molecule has 0 saturated carbocycles. The van der Waals surface area contributed by atoms with E-state index in [0.717, 1.165) is 42.6 Å². The number of hydrogen-bond donors (Lipinski definition) is 1. The highest BCUT2D eigenvalue weighted by Gasteiger charge is 2.23. The molecule has 1 aliphatic heterocycles. The number of piperazine rings is 1. The van der Waals surface area contributed by atoms with Crippen LogP contribution in [0.5, 0.6) is 11.5 Å². The fraction of sp³-hybridized carbons (Fsp3) is 0.471. The first-order valence-electron chi connectivity index (χ1n) is 7.98. The lowest BCUT2D eigenvalue weighted by Gasteiger charge is -2.35. The Morgan fingerprint density at radius 3 is 2.62 bits per heavy atom. The molecule has 7 heteroatoms. The molecule has 1 saturated heterocycles. The number of anilines is 1. The third-order valence-corrected chi connectivity index (χ3v) is 5.12. The maximum atomic E-state index is 10.7. The van der Waals surface area contributed by atoms with Gasteiger partial charge < -0.3 is 19.5 Å². The van der Waals surface area contributed by atoms with Crippen LogP contribution < -0.4 is 14.4 Å². The Kier molecular flexibility index (Phi) is 5.55. The summed E-state index contributed by atoms with van der Waals surface area (Å²) >= 11 is 1.67. The molecule has 1 atom stereocenters. The van der Waals surface area contributed by atoms with Crippen LogP contribution in [-0.4, -0.2) is 61.9 Å². The summed E-state index contributed by atoms with van der Waals surface area (Å²) in [6, 6.07) is 5.51. The SMILES string of the molecule is COc1ccc(OC)c(C(O)CN2CCN(c3nccs3)CC2)c1. The van der Waals surface area contributed by atoms with Crippen molar-refractivity contribution in [2.45, 2.75) is 6.10 Å². The lowest BCUT2D eigenvalue weighted by atomic mass is 10.1. The van der Waals surface area contributed by atoms with Crippen molar-refractivity contribution in [3.63, 3.8) is 0 Å². The summed E-state index contributed by atoms with van der Waals surface area (Å²) in [6.45, 7) is 4.24. The maximum absolute atomic E-state index is 10.7. The van der Waals surface area contributed by atoms with E-state index < -0.39 is 6.10 Å². The minimum absolute atomic E-state index is 0.579. The summed E-state index contributed by atoms with van der Waals surface area (Å²) in [7, 11) is 3.24. The van der Waals surface area contributed by atoms with Gasteiger partial charge >= 0.3 is 0 Å². The van der Waals surface area contributed by atoms with Gasteiger partial charge in [0.1, 0.15) is 11.5 Å². The Labute approximate surface area is 146 Å². The summed E-state index contributed by atoms with van der Waals surface area (Å²) in [5.41, 5.74) is 0.763. The van der Waals surface area contributed by atoms with Crippen LogP contribution in [0.15, 0.2) is 29.8 Å². The summed E-state index contributed by atoms with van der Waals surface area (Å²) < 4.78 is 10.6. The van der Waals surface area contributed by atoms with Crippen LogP contribution >= 0.6 is 11.3 Å². The molecule has 2 aromatic rings. The molecule has 0 radical (unpaired) electrons. The van der Waals surface area contributed by atoms with Crippen molar-refractivity contribution in [3.05, 3.63) is 35.3 Å². The second kappa shape index (κ2) is 7.83.